The molecule has 1 saturated heterocycles. The normalized spacial score (nSPS) is 20.2. The lowest BCUT2D eigenvalue weighted by Gasteiger charge is -2.27. The molecule has 92 valence electrons. The number of thiophene rings is 1. The van der Waals surface area contributed by atoms with Gasteiger partial charge in [-0.2, -0.15) is 0 Å². The number of carbonyl (C=O) groups excluding carboxylic acids is 1. The smallest absolute Gasteiger partial charge is 0.261 e. The third kappa shape index (κ3) is 2.38. The lowest BCUT2D eigenvalue weighted by molar-refractivity contribution is 0.0928. The van der Waals surface area contributed by atoms with Gasteiger partial charge in [-0.05, 0) is 37.3 Å². The molecule has 4 heteroatoms. The summed E-state index contributed by atoms with van der Waals surface area (Å²) in [5.41, 5.74) is 1.42. The van der Waals surface area contributed by atoms with Crippen LogP contribution in [0.2, 0.25) is 0 Å². The minimum atomic E-state index is 0.120. The maximum Gasteiger partial charge on any atom is 0.261 e. The molecule has 0 atom stereocenters. The molecule has 2 heterocycles. The van der Waals surface area contributed by atoms with Gasteiger partial charge in [-0.15, -0.1) is 11.3 Å². The number of hydrogen-bond acceptors (Lipinski definition) is 3. The van der Waals surface area contributed by atoms with Gasteiger partial charge in [-0.3, -0.25) is 4.79 Å². The molecule has 0 saturated carbocycles. The van der Waals surface area contributed by atoms with Crippen LogP contribution in [-0.4, -0.2) is 25.0 Å². The van der Waals surface area contributed by atoms with Gasteiger partial charge in [0.25, 0.3) is 5.91 Å². The highest BCUT2D eigenvalue weighted by atomic mass is 32.1. The Morgan fingerprint density at radius 2 is 2.12 bits per heavy atom. The maximum atomic E-state index is 12.0. The van der Waals surface area contributed by atoms with E-state index in [0.717, 1.165) is 30.8 Å². The largest absolute Gasteiger partial charge is 0.346 e. The summed E-state index contributed by atoms with van der Waals surface area (Å²) >= 11 is 1.70. The number of aryl methyl sites for hydroxylation is 2. The molecule has 0 spiro atoms. The van der Waals surface area contributed by atoms with E-state index in [-0.39, 0.29) is 5.91 Å². The van der Waals surface area contributed by atoms with Gasteiger partial charge < -0.3 is 10.6 Å². The summed E-state index contributed by atoms with van der Waals surface area (Å²) in [7, 11) is 0. The number of rotatable bonds is 2. The zero-order valence-electron chi connectivity index (χ0n) is 9.92. The Labute approximate surface area is 106 Å². The van der Waals surface area contributed by atoms with Crippen molar-refractivity contribution in [1.29, 1.82) is 0 Å². The van der Waals surface area contributed by atoms with Gasteiger partial charge >= 0.3 is 0 Å². The molecule has 0 unspecified atom stereocenters. The predicted octanol–water partition coefficient (Wildman–Crippen LogP) is 1.72. The monoisotopic (exact) mass is 250 g/mol. The van der Waals surface area contributed by atoms with E-state index < -0.39 is 0 Å². The SMILES string of the molecule is O=C(NC1CNC1)c1cc2c(s1)CCCCC2. The van der Waals surface area contributed by atoms with Crippen molar-refractivity contribution in [2.75, 3.05) is 13.1 Å². The molecular weight excluding hydrogens is 232 g/mol. The van der Waals surface area contributed by atoms with Crippen LogP contribution in [0.1, 0.15) is 39.4 Å². The zero-order valence-corrected chi connectivity index (χ0v) is 10.7. The maximum absolute atomic E-state index is 12.0. The lowest BCUT2D eigenvalue weighted by Crippen LogP contribution is -2.56. The highest BCUT2D eigenvalue weighted by Crippen LogP contribution is 2.28. The highest BCUT2D eigenvalue weighted by molar-refractivity contribution is 7.14. The average molecular weight is 250 g/mol. The molecule has 2 aliphatic rings. The summed E-state index contributed by atoms with van der Waals surface area (Å²) in [6.45, 7) is 1.83. The second kappa shape index (κ2) is 4.78. The average Bonchev–Trinajstić information content (AvgIpc) is 2.55. The van der Waals surface area contributed by atoms with Crippen molar-refractivity contribution in [3.63, 3.8) is 0 Å². The number of amides is 1. The van der Waals surface area contributed by atoms with Gasteiger partial charge in [-0.1, -0.05) is 6.42 Å². The van der Waals surface area contributed by atoms with E-state index in [9.17, 15) is 4.79 Å². The lowest BCUT2D eigenvalue weighted by atomic mass is 10.1. The highest BCUT2D eigenvalue weighted by Gasteiger charge is 2.22. The molecule has 1 amide bonds. The summed E-state index contributed by atoms with van der Waals surface area (Å²) in [4.78, 5) is 14.4. The van der Waals surface area contributed by atoms with E-state index in [4.69, 9.17) is 0 Å². The van der Waals surface area contributed by atoms with E-state index in [1.165, 1.54) is 29.7 Å². The van der Waals surface area contributed by atoms with Crippen LogP contribution < -0.4 is 10.6 Å². The van der Waals surface area contributed by atoms with Crippen LogP contribution in [0.4, 0.5) is 0 Å². The number of hydrogen-bond donors (Lipinski definition) is 2. The van der Waals surface area contributed by atoms with Crippen LogP contribution in [0.15, 0.2) is 6.07 Å². The molecule has 2 N–H and O–H groups in total. The molecule has 1 aromatic rings. The molecule has 0 bridgehead atoms. The Balaban J connectivity index is 1.72. The molecule has 0 aromatic carbocycles. The van der Waals surface area contributed by atoms with Crippen molar-refractivity contribution in [3.05, 3.63) is 21.4 Å². The second-order valence-corrected chi connectivity index (χ2v) is 6.09. The number of carbonyl (C=O) groups is 1. The minimum absolute atomic E-state index is 0.120. The molecule has 3 rings (SSSR count). The van der Waals surface area contributed by atoms with Gasteiger partial charge in [-0.25, -0.2) is 0 Å². The number of fused-ring (bicyclic) bond motifs is 1. The quantitative estimate of drug-likeness (QED) is 0.785. The Hall–Kier alpha value is -0.870. The fourth-order valence-electron chi connectivity index (χ4n) is 2.43. The van der Waals surface area contributed by atoms with E-state index in [2.05, 4.69) is 16.7 Å². The summed E-state index contributed by atoms with van der Waals surface area (Å²) in [6.07, 6.45) is 6.21. The standard InChI is InChI=1S/C13H18N2OS/c16-13(15-10-7-14-8-10)12-6-9-4-2-1-3-5-11(9)17-12/h6,10,14H,1-5,7-8H2,(H,15,16). The molecule has 3 nitrogen and oxygen atoms in total. The minimum Gasteiger partial charge on any atom is -0.346 e. The van der Waals surface area contributed by atoms with E-state index in [1.807, 2.05) is 0 Å². The Kier molecular flexibility index (Phi) is 3.16. The summed E-state index contributed by atoms with van der Waals surface area (Å²) in [5.74, 6) is 0.120. The van der Waals surface area contributed by atoms with Crippen LogP contribution in [0.25, 0.3) is 0 Å². The Bertz CT molecular complexity index is 400. The molecule has 1 aliphatic carbocycles. The van der Waals surface area contributed by atoms with Gasteiger partial charge in [0.05, 0.1) is 10.9 Å². The molecule has 1 fully saturated rings. The fourth-order valence-corrected chi connectivity index (χ4v) is 3.58. The van der Waals surface area contributed by atoms with Crippen molar-refractivity contribution in [2.45, 2.75) is 38.1 Å². The van der Waals surface area contributed by atoms with Crippen molar-refractivity contribution < 1.29 is 4.79 Å². The zero-order chi connectivity index (χ0) is 11.7. The first-order valence-electron chi connectivity index (χ1n) is 6.46. The van der Waals surface area contributed by atoms with E-state index in [0.29, 0.717) is 6.04 Å². The predicted molar refractivity (Wildman–Crippen MR) is 69.7 cm³/mol. The first-order chi connectivity index (χ1) is 8.33. The van der Waals surface area contributed by atoms with Crippen LogP contribution in [0, 0.1) is 0 Å². The third-order valence-corrected chi connectivity index (χ3v) is 4.82. The van der Waals surface area contributed by atoms with Crippen LogP contribution in [0.5, 0.6) is 0 Å². The summed E-state index contributed by atoms with van der Waals surface area (Å²) in [5, 5.41) is 6.23. The summed E-state index contributed by atoms with van der Waals surface area (Å²) < 4.78 is 0. The topological polar surface area (TPSA) is 41.1 Å². The van der Waals surface area contributed by atoms with E-state index in [1.54, 1.807) is 11.3 Å². The van der Waals surface area contributed by atoms with Crippen LogP contribution in [-0.2, 0) is 12.8 Å². The van der Waals surface area contributed by atoms with E-state index >= 15 is 0 Å². The van der Waals surface area contributed by atoms with Gasteiger partial charge in [0, 0.05) is 18.0 Å². The first-order valence-corrected chi connectivity index (χ1v) is 7.28. The first kappa shape index (κ1) is 11.2. The van der Waals surface area contributed by atoms with Gasteiger partial charge in [0.15, 0.2) is 0 Å². The Morgan fingerprint density at radius 3 is 2.88 bits per heavy atom. The van der Waals surface area contributed by atoms with Crippen LogP contribution >= 0.6 is 11.3 Å². The van der Waals surface area contributed by atoms with Crippen molar-refractivity contribution in [2.24, 2.45) is 0 Å². The molecule has 0 radical (unpaired) electrons. The Morgan fingerprint density at radius 1 is 1.29 bits per heavy atom. The third-order valence-electron chi connectivity index (χ3n) is 3.59. The molecular formula is C13H18N2OS. The van der Waals surface area contributed by atoms with Crippen molar-refractivity contribution >= 4 is 17.2 Å². The number of nitrogens with one attached hydrogen (secondary N) is 2. The van der Waals surface area contributed by atoms with Crippen molar-refractivity contribution in [3.8, 4) is 0 Å². The summed E-state index contributed by atoms with van der Waals surface area (Å²) in [6, 6.07) is 2.46. The fraction of sp³-hybridized carbons (Fsp3) is 0.615. The van der Waals surface area contributed by atoms with Crippen LogP contribution in [0.3, 0.4) is 0 Å². The molecule has 1 aromatic heterocycles. The van der Waals surface area contributed by atoms with Gasteiger partial charge in [0.2, 0.25) is 0 Å². The van der Waals surface area contributed by atoms with Gasteiger partial charge in [0.1, 0.15) is 0 Å². The molecule has 1 aliphatic heterocycles. The molecule has 17 heavy (non-hydrogen) atoms. The van der Waals surface area contributed by atoms with Crippen molar-refractivity contribution in [1.82, 2.24) is 10.6 Å². The second-order valence-electron chi connectivity index (χ2n) is 4.95.